The summed E-state index contributed by atoms with van der Waals surface area (Å²) < 4.78 is 5.10. The number of benzene rings is 7. The number of hydrogen-bond acceptors (Lipinski definition) is 1. The highest BCUT2D eigenvalue weighted by atomic mass is 32.1. The second-order valence-corrected chi connectivity index (χ2v) is 12.4. The standard InChI is InChI=1S/C42H27NS/c1-2-12-28(13-3-1)29-24-25-39-36(27-29)34-17-5-8-21-38(34)43(39)37-20-7-4-16-32(37)30-14-10-15-31(26-30)33-19-11-23-41-42(33)35-18-6-9-22-40(35)44-41/h1-27H. The molecule has 0 spiro atoms. The number of para-hydroxylation sites is 2. The molecule has 2 aromatic heterocycles. The van der Waals surface area contributed by atoms with Gasteiger partial charge in [-0.05, 0) is 70.3 Å². The highest BCUT2D eigenvalue weighted by Gasteiger charge is 2.17. The lowest BCUT2D eigenvalue weighted by atomic mass is 9.95. The summed E-state index contributed by atoms with van der Waals surface area (Å²) in [4.78, 5) is 0. The zero-order chi connectivity index (χ0) is 29.0. The van der Waals surface area contributed by atoms with Crippen LogP contribution in [0.1, 0.15) is 0 Å². The summed E-state index contributed by atoms with van der Waals surface area (Å²) in [6.07, 6.45) is 0. The molecule has 7 aromatic carbocycles. The Morgan fingerprint density at radius 2 is 1.00 bits per heavy atom. The molecule has 206 valence electrons. The molecule has 2 heterocycles. The van der Waals surface area contributed by atoms with Gasteiger partial charge in [-0.15, -0.1) is 11.3 Å². The molecular formula is C42H27NS. The van der Waals surface area contributed by atoms with E-state index in [2.05, 4.69) is 168 Å². The maximum atomic E-state index is 2.44. The second-order valence-electron chi connectivity index (χ2n) is 11.3. The second kappa shape index (κ2) is 10.1. The SMILES string of the molecule is c1ccc(-c2ccc3c(c2)c2ccccc2n3-c2ccccc2-c2cccc(-c3cccc4sc5ccccc5c34)c2)cc1. The van der Waals surface area contributed by atoms with E-state index in [0.29, 0.717) is 0 Å². The summed E-state index contributed by atoms with van der Waals surface area (Å²) in [5.41, 5.74) is 11.0. The van der Waals surface area contributed by atoms with Gasteiger partial charge in [-0.1, -0.05) is 121 Å². The van der Waals surface area contributed by atoms with E-state index in [1.165, 1.54) is 81.0 Å². The Kier molecular flexibility index (Phi) is 5.75. The molecule has 0 fully saturated rings. The van der Waals surface area contributed by atoms with Gasteiger partial charge in [0, 0.05) is 36.5 Å². The van der Waals surface area contributed by atoms with Gasteiger partial charge in [-0.3, -0.25) is 0 Å². The molecule has 0 bridgehead atoms. The Labute approximate surface area is 259 Å². The molecule has 0 N–H and O–H groups in total. The number of thiophene rings is 1. The van der Waals surface area contributed by atoms with E-state index >= 15 is 0 Å². The third-order valence-corrected chi connectivity index (χ3v) is 9.95. The third kappa shape index (κ3) is 3.92. The maximum Gasteiger partial charge on any atom is 0.0541 e. The lowest BCUT2D eigenvalue weighted by Crippen LogP contribution is -1.97. The first kappa shape index (κ1) is 25.1. The van der Waals surface area contributed by atoms with Crippen LogP contribution in [0.15, 0.2) is 164 Å². The van der Waals surface area contributed by atoms with Crippen LogP contribution in [-0.4, -0.2) is 4.57 Å². The predicted octanol–water partition coefficient (Wildman–Crippen LogP) is 12.2. The molecule has 0 amide bonds. The summed E-state index contributed by atoms with van der Waals surface area (Å²) >= 11 is 1.87. The van der Waals surface area contributed by atoms with Crippen LogP contribution < -0.4 is 0 Å². The maximum absolute atomic E-state index is 2.44. The van der Waals surface area contributed by atoms with Gasteiger partial charge in [-0.2, -0.15) is 0 Å². The zero-order valence-corrected chi connectivity index (χ0v) is 24.8. The van der Waals surface area contributed by atoms with Crippen LogP contribution in [0, 0.1) is 0 Å². The summed E-state index contributed by atoms with van der Waals surface area (Å²) in [5, 5.41) is 5.20. The molecule has 0 saturated heterocycles. The zero-order valence-electron chi connectivity index (χ0n) is 23.9. The number of hydrogen-bond donors (Lipinski definition) is 0. The molecule has 2 heteroatoms. The monoisotopic (exact) mass is 577 g/mol. The Morgan fingerprint density at radius 3 is 1.91 bits per heavy atom. The van der Waals surface area contributed by atoms with Gasteiger partial charge in [0.15, 0.2) is 0 Å². The molecular weight excluding hydrogens is 551 g/mol. The van der Waals surface area contributed by atoms with Crippen molar-refractivity contribution in [2.45, 2.75) is 0 Å². The summed E-state index contributed by atoms with van der Waals surface area (Å²) in [5.74, 6) is 0. The molecule has 0 aliphatic rings. The van der Waals surface area contributed by atoms with Crippen molar-refractivity contribution in [2.75, 3.05) is 0 Å². The summed E-state index contributed by atoms with van der Waals surface area (Å²) in [6, 6.07) is 59.6. The van der Waals surface area contributed by atoms with Gasteiger partial charge < -0.3 is 4.57 Å². The van der Waals surface area contributed by atoms with Crippen molar-refractivity contribution in [3.05, 3.63) is 164 Å². The smallest absolute Gasteiger partial charge is 0.0541 e. The minimum Gasteiger partial charge on any atom is -0.309 e. The molecule has 0 aliphatic carbocycles. The summed E-state index contributed by atoms with van der Waals surface area (Å²) in [7, 11) is 0. The molecule has 9 rings (SSSR count). The van der Waals surface area contributed by atoms with Crippen molar-refractivity contribution in [2.24, 2.45) is 0 Å². The van der Waals surface area contributed by atoms with Crippen LogP contribution in [-0.2, 0) is 0 Å². The third-order valence-electron chi connectivity index (χ3n) is 8.81. The average molecular weight is 578 g/mol. The fourth-order valence-corrected chi connectivity index (χ4v) is 7.96. The number of aromatic nitrogens is 1. The van der Waals surface area contributed by atoms with Crippen LogP contribution >= 0.6 is 11.3 Å². The highest BCUT2D eigenvalue weighted by molar-refractivity contribution is 7.25. The first-order valence-electron chi connectivity index (χ1n) is 15.0. The first-order chi connectivity index (χ1) is 21.8. The van der Waals surface area contributed by atoms with Gasteiger partial charge in [-0.25, -0.2) is 0 Å². The molecule has 44 heavy (non-hydrogen) atoms. The molecule has 0 aliphatic heterocycles. The topological polar surface area (TPSA) is 4.93 Å². The van der Waals surface area contributed by atoms with Crippen molar-refractivity contribution in [3.8, 4) is 39.1 Å². The number of rotatable bonds is 4. The average Bonchev–Trinajstić information content (AvgIpc) is 3.64. The molecule has 0 radical (unpaired) electrons. The van der Waals surface area contributed by atoms with Crippen molar-refractivity contribution in [1.82, 2.24) is 4.57 Å². The largest absolute Gasteiger partial charge is 0.309 e. The van der Waals surface area contributed by atoms with Crippen molar-refractivity contribution in [1.29, 1.82) is 0 Å². The van der Waals surface area contributed by atoms with Crippen molar-refractivity contribution >= 4 is 53.3 Å². The number of nitrogens with zero attached hydrogens (tertiary/aromatic N) is 1. The predicted molar refractivity (Wildman–Crippen MR) is 190 cm³/mol. The van der Waals surface area contributed by atoms with E-state index in [-0.39, 0.29) is 0 Å². The van der Waals surface area contributed by atoms with Crippen molar-refractivity contribution in [3.63, 3.8) is 0 Å². The Balaban J connectivity index is 1.25. The van der Waals surface area contributed by atoms with E-state index in [0.717, 1.165) is 0 Å². The van der Waals surface area contributed by atoms with E-state index in [4.69, 9.17) is 0 Å². The van der Waals surface area contributed by atoms with Crippen LogP contribution in [0.2, 0.25) is 0 Å². The quantitative estimate of drug-likeness (QED) is 0.196. The lowest BCUT2D eigenvalue weighted by molar-refractivity contribution is 1.18. The fraction of sp³-hybridized carbons (Fsp3) is 0. The minimum atomic E-state index is 1.18. The Morgan fingerprint density at radius 1 is 0.364 bits per heavy atom. The van der Waals surface area contributed by atoms with Gasteiger partial charge in [0.1, 0.15) is 0 Å². The van der Waals surface area contributed by atoms with Gasteiger partial charge in [0.05, 0.1) is 16.7 Å². The van der Waals surface area contributed by atoms with Crippen LogP contribution in [0.5, 0.6) is 0 Å². The van der Waals surface area contributed by atoms with E-state index in [9.17, 15) is 0 Å². The van der Waals surface area contributed by atoms with Crippen molar-refractivity contribution < 1.29 is 0 Å². The molecule has 0 saturated carbocycles. The normalized spacial score (nSPS) is 11.6. The Hall–Kier alpha value is -5.44. The van der Waals surface area contributed by atoms with Crippen LogP contribution in [0.4, 0.5) is 0 Å². The summed E-state index contributed by atoms with van der Waals surface area (Å²) in [6.45, 7) is 0. The molecule has 0 atom stereocenters. The van der Waals surface area contributed by atoms with Gasteiger partial charge in [0.25, 0.3) is 0 Å². The van der Waals surface area contributed by atoms with E-state index in [1.807, 2.05) is 11.3 Å². The minimum absolute atomic E-state index is 1.18. The molecule has 1 nitrogen and oxygen atoms in total. The van der Waals surface area contributed by atoms with Gasteiger partial charge >= 0.3 is 0 Å². The molecule has 9 aromatic rings. The fourth-order valence-electron chi connectivity index (χ4n) is 6.82. The number of fused-ring (bicyclic) bond motifs is 6. The van der Waals surface area contributed by atoms with E-state index in [1.54, 1.807) is 0 Å². The first-order valence-corrected chi connectivity index (χ1v) is 15.8. The lowest BCUT2D eigenvalue weighted by Gasteiger charge is -2.15. The van der Waals surface area contributed by atoms with Crippen LogP contribution in [0.3, 0.4) is 0 Å². The Bertz CT molecular complexity index is 2500. The van der Waals surface area contributed by atoms with E-state index < -0.39 is 0 Å². The highest BCUT2D eigenvalue weighted by Crippen LogP contribution is 2.42. The molecule has 0 unspecified atom stereocenters. The van der Waals surface area contributed by atoms with Gasteiger partial charge in [0.2, 0.25) is 0 Å². The van der Waals surface area contributed by atoms with Crippen LogP contribution in [0.25, 0.3) is 81.0 Å².